The number of piperidine rings is 1. The van der Waals surface area contributed by atoms with E-state index in [9.17, 15) is 4.79 Å². The molecule has 8 nitrogen and oxygen atoms in total. The second-order valence-corrected chi connectivity index (χ2v) is 8.54. The number of benzene rings is 1. The van der Waals surface area contributed by atoms with Crippen LogP contribution in [0.5, 0.6) is 5.75 Å². The van der Waals surface area contributed by atoms with Gasteiger partial charge >= 0.3 is 0 Å². The number of hydrogen-bond donors (Lipinski definition) is 1. The summed E-state index contributed by atoms with van der Waals surface area (Å²) in [6.07, 6.45) is 1.39. The highest BCUT2D eigenvalue weighted by Gasteiger charge is 2.42. The highest BCUT2D eigenvalue weighted by Crippen LogP contribution is 2.35. The molecule has 2 aliphatic heterocycles. The molecule has 3 heterocycles. The first-order valence-electron chi connectivity index (χ1n) is 10.6. The fourth-order valence-corrected chi connectivity index (χ4v) is 4.16. The lowest BCUT2D eigenvalue weighted by Crippen LogP contribution is -2.57. The third kappa shape index (κ3) is 4.34. The summed E-state index contributed by atoms with van der Waals surface area (Å²) in [4.78, 5) is 19.3. The Hall–Kier alpha value is -2.45. The molecule has 2 fully saturated rings. The van der Waals surface area contributed by atoms with E-state index in [1.165, 1.54) is 0 Å². The lowest BCUT2D eigenvalue weighted by atomic mass is 9.89. The quantitative estimate of drug-likeness (QED) is 0.823. The van der Waals surface area contributed by atoms with E-state index < -0.39 is 0 Å². The van der Waals surface area contributed by atoms with E-state index in [4.69, 9.17) is 14.0 Å². The summed E-state index contributed by atoms with van der Waals surface area (Å²) < 4.78 is 17.5. The van der Waals surface area contributed by atoms with Gasteiger partial charge in [0.15, 0.2) is 5.82 Å². The molecule has 0 radical (unpaired) electrons. The Morgan fingerprint density at radius 3 is 2.70 bits per heavy atom. The van der Waals surface area contributed by atoms with Crippen LogP contribution in [0.3, 0.4) is 0 Å². The fourth-order valence-electron chi connectivity index (χ4n) is 4.16. The number of aryl methyl sites for hydroxylation is 2. The topological polar surface area (TPSA) is 89.7 Å². The Bertz CT molecular complexity index is 902. The molecule has 0 aliphatic carbocycles. The first-order valence-corrected chi connectivity index (χ1v) is 10.6. The van der Waals surface area contributed by atoms with Crippen molar-refractivity contribution in [1.82, 2.24) is 20.4 Å². The van der Waals surface area contributed by atoms with Gasteiger partial charge in [-0.1, -0.05) is 5.16 Å². The van der Waals surface area contributed by atoms with Crippen molar-refractivity contribution in [1.29, 1.82) is 0 Å². The molecule has 0 saturated carbocycles. The molecule has 1 unspecified atom stereocenters. The standard InChI is InChI=1S/C22H30N4O4/c1-14(2)28-18-6-5-17(11-15(18)3)21(27)26-9-7-22(8-10-26)13-23-12-19(29-22)20-24-16(4)25-30-20/h5-6,11,14,19,23H,7-10,12-13H2,1-4H3. The van der Waals surface area contributed by atoms with E-state index in [-0.39, 0.29) is 23.7 Å². The maximum absolute atomic E-state index is 13.0. The van der Waals surface area contributed by atoms with Crippen LogP contribution in [0.15, 0.2) is 22.7 Å². The van der Waals surface area contributed by atoms with Gasteiger partial charge in [-0.2, -0.15) is 4.98 Å². The number of aromatic nitrogens is 2. The molecular weight excluding hydrogens is 384 g/mol. The molecule has 1 N–H and O–H groups in total. The molecule has 0 bridgehead atoms. The Kier molecular flexibility index (Phi) is 5.79. The fraction of sp³-hybridized carbons (Fsp3) is 0.591. The zero-order valence-corrected chi connectivity index (χ0v) is 18.1. The maximum atomic E-state index is 13.0. The zero-order chi connectivity index (χ0) is 21.3. The van der Waals surface area contributed by atoms with Gasteiger partial charge in [-0.3, -0.25) is 4.79 Å². The summed E-state index contributed by atoms with van der Waals surface area (Å²) in [5, 5.41) is 7.31. The van der Waals surface area contributed by atoms with Crippen LogP contribution in [0.25, 0.3) is 0 Å². The van der Waals surface area contributed by atoms with Gasteiger partial charge in [0.25, 0.3) is 11.8 Å². The van der Waals surface area contributed by atoms with Gasteiger partial charge in [0.1, 0.15) is 11.9 Å². The molecule has 1 aromatic heterocycles. The van der Waals surface area contributed by atoms with E-state index in [1.54, 1.807) is 6.92 Å². The maximum Gasteiger partial charge on any atom is 0.257 e. The molecule has 8 heteroatoms. The van der Waals surface area contributed by atoms with E-state index in [0.29, 0.717) is 36.9 Å². The van der Waals surface area contributed by atoms with Crippen molar-refractivity contribution < 1.29 is 18.8 Å². The molecular formula is C22H30N4O4. The van der Waals surface area contributed by atoms with Crippen LogP contribution in [0.2, 0.25) is 0 Å². The number of carbonyl (C=O) groups is 1. The second-order valence-electron chi connectivity index (χ2n) is 8.54. The number of ether oxygens (including phenoxy) is 2. The second kappa shape index (κ2) is 8.35. The molecule has 30 heavy (non-hydrogen) atoms. The van der Waals surface area contributed by atoms with Crippen LogP contribution >= 0.6 is 0 Å². The molecule has 162 valence electrons. The number of amides is 1. The average Bonchev–Trinajstić information content (AvgIpc) is 3.16. The minimum Gasteiger partial charge on any atom is -0.491 e. The van der Waals surface area contributed by atoms with Crippen molar-refractivity contribution in [2.75, 3.05) is 26.2 Å². The van der Waals surface area contributed by atoms with Gasteiger partial charge in [0.2, 0.25) is 0 Å². The first kappa shape index (κ1) is 20.8. The predicted molar refractivity (Wildman–Crippen MR) is 111 cm³/mol. The number of hydrogen-bond acceptors (Lipinski definition) is 7. The Morgan fingerprint density at radius 1 is 1.30 bits per heavy atom. The summed E-state index contributed by atoms with van der Waals surface area (Å²) >= 11 is 0. The smallest absolute Gasteiger partial charge is 0.257 e. The Morgan fingerprint density at radius 2 is 2.07 bits per heavy atom. The van der Waals surface area contributed by atoms with Gasteiger partial charge in [-0.25, -0.2) is 0 Å². The molecule has 1 spiro atoms. The summed E-state index contributed by atoms with van der Waals surface area (Å²) in [7, 11) is 0. The normalized spacial score (nSPS) is 21.2. The third-order valence-corrected chi connectivity index (χ3v) is 5.73. The van der Waals surface area contributed by atoms with Gasteiger partial charge in [-0.15, -0.1) is 0 Å². The molecule has 2 aromatic rings. The van der Waals surface area contributed by atoms with Crippen LogP contribution < -0.4 is 10.1 Å². The summed E-state index contributed by atoms with van der Waals surface area (Å²) in [6.45, 7) is 10.5. The van der Waals surface area contributed by atoms with Gasteiger partial charge < -0.3 is 24.2 Å². The van der Waals surface area contributed by atoms with Gasteiger partial charge in [0.05, 0.1) is 11.7 Å². The number of morpholine rings is 1. The van der Waals surface area contributed by atoms with Crippen LogP contribution in [0, 0.1) is 13.8 Å². The zero-order valence-electron chi connectivity index (χ0n) is 18.1. The predicted octanol–water partition coefficient (Wildman–Crippen LogP) is 2.81. The highest BCUT2D eigenvalue weighted by molar-refractivity contribution is 5.94. The largest absolute Gasteiger partial charge is 0.491 e. The summed E-state index contributed by atoms with van der Waals surface area (Å²) in [6, 6.07) is 5.65. The summed E-state index contributed by atoms with van der Waals surface area (Å²) in [5.74, 6) is 1.99. The van der Waals surface area contributed by atoms with Crippen molar-refractivity contribution in [3.8, 4) is 5.75 Å². The Balaban J connectivity index is 1.39. The average molecular weight is 415 g/mol. The Labute approximate surface area is 176 Å². The lowest BCUT2D eigenvalue weighted by molar-refractivity contribution is -0.148. The van der Waals surface area contributed by atoms with Crippen LogP contribution in [-0.4, -0.2) is 58.8 Å². The van der Waals surface area contributed by atoms with Gasteiger partial charge in [0, 0.05) is 31.7 Å². The van der Waals surface area contributed by atoms with Crippen LogP contribution in [-0.2, 0) is 4.74 Å². The molecule has 2 saturated heterocycles. The van der Waals surface area contributed by atoms with E-state index >= 15 is 0 Å². The number of carbonyl (C=O) groups excluding carboxylic acids is 1. The van der Waals surface area contributed by atoms with Crippen molar-refractivity contribution in [3.05, 3.63) is 41.0 Å². The van der Waals surface area contributed by atoms with E-state index in [1.807, 2.05) is 43.9 Å². The molecule has 1 amide bonds. The minimum absolute atomic E-state index is 0.0527. The first-order chi connectivity index (χ1) is 14.3. The number of rotatable bonds is 4. The highest BCUT2D eigenvalue weighted by atomic mass is 16.5. The van der Waals surface area contributed by atoms with Gasteiger partial charge in [-0.05, 0) is 64.3 Å². The van der Waals surface area contributed by atoms with E-state index in [2.05, 4.69) is 15.5 Å². The number of nitrogens with one attached hydrogen (secondary N) is 1. The molecule has 4 rings (SSSR count). The molecule has 1 aromatic carbocycles. The minimum atomic E-state index is -0.313. The monoisotopic (exact) mass is 414 g/mol. The van der Waals surface area contributed by atoms with Crippen molar-refractivity contribution in [3.63, 3.8) is 0 Å². The lowest BCUT2D eigenvalue weighted by Gasteiger charge is -2.45. The van der Waals surface area contributed by atoms with Crippen LogP contribution in [0.1, 0.15) is 60.4 Å². The SMILES string of the molecule is Cc1noc(C2CNCC3(CCN(C(=O)c4ccc(OC(C)C)c(C)c4)CC3)O2)n1. The number of nitrogens with zero attached hydrogens (tertiary/aromatic N) is 3. The summed E-state index contributed by atoms with van der Waals surface area (Å²) in [5.41, 5.74) is 1.36. The van der Waals surface area contributed by atoms with Crippen molar-refractivity contribution in [2.45, 2.75) is 58.3 Å². The van der Waals surface area contributed by atoms with Crippen molar-refractivity contribution in [2.24, 2.45) is 0 Å². The van der Waals surface area contributed by atoms with E-state index in [0.717, 1.165) is 30.7 Å². The third-order valence-electron chi connectivity index (χ3n) is 5.73. The van der Waals surface area contributed by atoms with Crippen molar-refractivity contribution >= 4 is 5.91 Å². The van der Waals surface area contributed by atoms with Crippen LogP contribution in [0.4, 0.5) is 0 Å². The molecule has 2 aliphatic rings. The molecule has 1 atom stereocenters. The number of likely N-dealkylation sites (tertiary alicyclic amines) is 1.